The maximum absolute atomic E-state index is 4.84. The number of benzene rings is 5. The molecular weight excluding hydrogens is 585 g/mol. The summed E-state index contributed by atoms with van der Waals surface area (Å²) in [6.07, 6.45) is 11.2. The van der Waals surface area contributed by atoms with Crippen LogP contribution in [-0.4, -0.2) is 23.3 Å². The summed E-state index contributed by atoms with van der Waals surface area (Å²) >= 11 is 0. The highest BCUT2D eigenvalue weighted by atomic mass is 15.4. The number of pyridine rings is 1. The Labute approximate surface area is 280 Å². The standard InChI is InChI=1S/C44H34N4/c1-46-29-47(41-22-9-8-21-40(41)46)32-14-12-13-30(27-32)44(37-18-5-2-15-33(37)34-16-3-6-19-38(34)44)31-24-25-36-35-17-4-7-20-39(35)48(42(36)28-31)43-23-10-11-26-45-43/h2-28,33,37H,29H2,1H3. The van der Waals surface area contributed by atoms with E-state index in [2.05, 4.69) is 173 Å². The van der Waals surface area contributed by atoms with Gasteiger partial charge < -0.3 is 9.80 Å². The molecule has 4 heteroatoms. The molecule has 0 spiro atoms. The second-order valence-corrected chi connectivity index (χ2v) is 13.3. The molecule has 0 N–H and O–H groups in total. The van der Waals surface area contributed by atoms with Crippen molar-refractivity contribution in [2.24, 2.45) is 5.92 Å². The van der Waals surface area contributed by atoms with E-state index in [0.29, 0.717) is 0 Å². The number of anilines is 3. The molecule has 0 fully saturated rings. The first-order valence-corrected chi connectivity index (χ1v) is 16.8. The Morgan fingerprint density at radius 2 is 1.42 bits per heavy atom. The number of hydrogen-bond acceptors (Lipinski definition) is 3. The van der Waals surface area contributed by atoms with Crippen LogP contribution in [0.15, 0.2) is 164 Å². The first-order chi connectivity index (χ1) is 23.7. The number of para-hydroxylation sites is 3. The minimum Gasteiger partial charge on any atom is -0.355 e. The third kappa shape index (κ3) is 3.68. The Balaban J connectivity index is 1.27. The minimum atomic E-state index is -0.413. The summed E-state index contributed by atoms with van der Waals surface area (Å²) in [5.41, 5.74) is 11.0. The fourth-order valence-electron chi connectivity index (χ4n) is 8.98. The van der Waals surface area contributed by atoms with Crippen molar-refractivity contribution in [1.82, 2.24) is 9.55 Å². The molecule has 230 valence electrons. The molecule has 3 atom stereocenters. The van der Waals surface area contributed by atoms with Gasteiger partial charge in [0.2, 0.25) is 0 Å². The Hall–Kier alpha value is -5.87. The molecule has 3 unspecified atom stereocenters. The average Bonchev–Trinajstić information content (AvgIpc) is 3.78. The lowest BCUT2D eigenvalue weighted by molar-refractivity contribution is 0.457. The summed E-state index contributed by atoms with van der Waals surface area (Å²) in [4.78, 5) is 9.62. The van der Waals surface area contributed by atoms with E-state index >= 15 is 0 Å². The lowest BCUT2D eigenvalue weighted by Crippen LogP contribution is -2.35. The van der Waals surface area contributed by atoms with Gasteiger partial charge in [0.1, 0.15) is 5.82 Å². The van der Waals surface area contributed by atoms with Crippen LogP contribution in [-0.2, 0) is 5.41 Å². The first-order valence-electron chi connectivity index (χ1n) is 16.8. The molecule has 7 aromatic rings. The van der Waals surface area contributed by atoms with Crippen molar-refractivity contribution < 1.29 is 0 Å². The van der Waals surface area contributed by atoms with Gasteiger partial charge in [-0.1, -0.05) is 109 Å². The molecule has 2 aromatic heterocycles. The second-order valence-electron chi connectivity index (χ2n) is 13.3. The summed E-state index contributed by atoms with van der Waals surface area (Å²) in [6, 6.07) is 49.3. The van der Waals surface area contributed by atoms with Crippen molar-refractivity contribution in [3.63, 3.8) is 0 Å². The van der Waals surface area contributed by atoms with Gasteiger partial charge in [0.05, 0.1) is 34.5 Å². The predicted molar refractivity (Wildman–Crippen MR) is 198 cm³/mol. The molecule has 10 rings (SSSR count). The van der Waals surface area contributed by atoms with Crippen molar-refractivity contribution in [2.75, 3.05) is 23.5 Å². The van der Waals surface area contributed by atoms with Crippen molar-refractivity contribution >= 4 is 38.9 Å². The maximum atomic E-state index is 4.84. The number of nitrogens with zero attached hydrogens (tertiary/aromatic N) is 4. The summed E-state index contributed by atoms with van der Waals surface area (Å²) in [7, 11) is 2.18. The molecule has 1 aliphatic heterocycles. The number of hydrogen-bond donors (Lipinski definition) is 0. The van der Waals surface area contributed by atoms with Gasteiger partial charge in [0.25, 0.3) is 0 Å². The summed E-state index contributed by atoms with van der Waals surface area (Å²) in [6.45, 7) is 0.817. The lowest BCUT2D eigenvalue weighted by Gasteiger charge is -2.39. The molecule has 0 radical (unpaired) electrons. The van der Waals surface area contributed by atoms with Crippen LogP contribution < -0.4 is 9.80 Å². The van der Waals surface area contributed by atoms with E-state index in [1.807, 2.05) is 12.3 Å². The molecule has 0 saturated carbocycles. The molecule has 0 saturated heterocycles. The van der Waals surface area contributed by atoms with Crippen LogP contribution in [0.4, 0.5) is 17.1 Å². The van der Waals surface area contributed by atoms with Gasteiger partial charge in [0, 0.05) is 41.5 Å². The molecule has 3 aliphatic rings. The van der Waals surface area contributed by atoms with E-state index < -0.39 is 5.41 Å². The zero-order valence-electron chi connectivity index (χ0n) is 26.7. The number of allylic oxidation sites excluding steroid dienone is 4. The minimum absolute atomic E-state index is 0.216. The van der Waals surface area contributed by atoms with Gasteiger partial charge in [-0.2, -0.15) is 0 Å². The second kappa shape index (κ2) is 10.3. The highest BCUT2D eigenvalue weighted by Gasteiger charge is 2.53. The van der Waals surface area contributed by atoms with E-state index in [9.17, 15) is 0 Å². The topological polar surface area (TPSA) is 24.3 Å². The largest absolute Gasteiger partial charge is 0.355 e. The average molecular weight is 619 g/mol. The normalized spacial score (nSPS) is 20.8. The summed E-state index contributed by atoms with van der Waals surface area (Å²) in [5, 5.41) is 2.48. The van der Waals surface area contributed by atoms with Gasteiger partial charge in [-0.05, 0) is 70.8 Å². The molecule has 2 aliphatic carbocycles. The van der Waals surface area contributed by atoms with E-state index in [4.69, 9.17) is 4.98 Å². The van der Waals surface area contributed by atoms with Gasteiger partial charge in [-0.25, -0.2) is 4.98 Å². The van der Waals surface area contributed by atoms with Crippen molar-refractivity contribution in [3.8, 4) is 5.82 Å². The number of fused-ring (bicyclic) bond motifs is 7. The van der Waals surface area contributed by atoms with Crippen LogP contribution in [0.3, 0.4) is 0 Å². The molecule has 0 amide bonds. The van der Waals surface area contributed by atoms with Gasteiger partial charge in [-0.15, -0.1) is 0 Å². The van der Waals surface area contributed by atoms with E-state index in [0.717, 1.165) is 12.5 Å². The molecule has 4 nitrogen and oxygen atoms in total. The zero-order valence-corrected chi connectivity index (χ0v) is 26.7. The monoisotopic (exact) mass is 618 g/mol. The van der Waals surface area contributed by atoms with E-state index in [1.54, 1.807) is 0 Å². The van der Waals surface area contributed by atoms with Crippen molar-refractivity contribution in [2.45, 2.75) is 11.3 Å². The van der Waals surface area contributed by atoms with Crippen LogP contribution in [0.25, 0.3) is 27.6 Å². The first kappa shape index (κ1) is 27.3. The third-order valence-corrected chi connectivity index (χ3v) is 10.9. The third-order valence-electron chi connectivity index (χ3n) is 10.9. The fourth-order valence-corrected chi connectivity index (χ4v) is 8.98. The van der Waals surface area contributed by atoms with Crippen LogP contribution in [0.2, 0.25) is 0 Å². The molecule has 5 aromatic carbocycles. The Bertz CT molecular complexity index is 2440. The number of aromatic nitrogens is 2. The molecular formula is C44H34N4. The van der Waals surface area contributed by atoms with Gasteiger partial charge in [0.15, 0.2) is 0 Å². The highest BCUT2D eigenvalue weighted by Crippen LogP contribution is 2.60. The smallest absolute Gasteiger partial charge is 0.137 e. The fraction of sp³-hybridized carbons (Fsp3) is 0.114. The molecule has 3 heterocycles. The Morgan fingerprint density at radius 1 is 0.646 bits per heavy atom. The van der Waals surface area contributed by atoms with E-state index in [1.165, 1.54) is 61.1 Å². The molecule has 48 heavy (non-hydrogen) atoms. The van der Waals surface area contributed by atoms with Gasteiger partial charge >= 0.3 is 0 Å². The Kier molecular flexibility index (Phi) is 5.86. The quantitative estimate of drug-likeness (QED) is 0.196. The van der Waals surface area contributed by atoms with E-state index in [-0.39, 0.29) is 11.8 Å². The molecule has 0 bridgehead atoms. The van der Waals surface area contributed by atoms with Crippen LogP contribution in [0, 0.1) is 5.92 Å². The zero-order chi connectivity index (χ0) is 31.8. The predicted octanol–water partition coefficient (Wildman–Crippen LogP) is 9.90. The highest BCUT2D eigenvalue weighted by molar-refractivity contribution is 6.09. The SMILES string of the molecule is CN1CN(c2cccc(C3(c4ccc5c6ccccc6n(-c6ccccn6)c5c4)c4ccccc4C4C=CC=CC43)c2)c2ccccc21. The van der Waals surface area contributed by atoms with Crippen LogP contribution >= 0.6 is 0 Å². The van der Waals surface area contributed by atoms with Crippen molar-refractivity contribution in [1.29, 1.82) is 0 Å². The lowest BCUT2D eigenvalue weighted by atomic mass is 9.63. The van der Waals surface area contributed by atoms with Gasteiger partial charge in [-0.3, -0.25) is 4.57 Å². The van der Waals surface area contributed by atoms with Crippen LogP contribution in [0.1, 0.15) is 28.2 Å². The summed E-state index contributed by atoms with van der Waals surface area (Å²) < 4.78 is 2.34. The maximum Gasteiger partial charge on any atom is 0.137 e. The summed E-state index contributed by atoms with van der Waals surface area (Å²) in [5.74, 6) is 1.43. The number of rotatable bonds is 4. The van der Waals surface area contributed by atoms with Crippen LogP contribution in [0.5, 0.6) is 0 Å². The Morgan fingerprint density at radius 3 is 2.33 bits per heavy atom. The van der Waals surface area contributed by atoms with Crippen molar-refractivity contribution in [3.05, 3.63) is 186 Å².